The van der Waals surface area contributed by atoms with Crippen molar-refractivity contribution in [2.75, 3.05) is 13.2 Å². The minimum Gasteiger partial charge on any atom is -0.466 e. The second-order valence-electron chi connectivity index (χ2n) is 6.30. The first-order chi connectivity index (χ1) is 7.69. The molecule has 0 saturated carbocycles. The van der Waals surface area contributed by atoms with Gasteiger partial charge in [-0.2, -0.15) is 0 Å². The van der Waals surface area contributed by atoms with Crippen molar-refractivity contribution in [3.05, 3.63) is 0 Å². The van der Waals surface area contributed by atoms with Gasteiger partial charge in [0.2, 0.25) is 0 Å². The summed E-state index contributed by atoms with van der Waals surface area (Å²) in [6.07, 6.45) is 1.77. The molecule has 0 aromatic rings. The molecule has 0 aliphatic carbocycles. The van der Waals surface area contributed by atoms with E-state index in [2.05, 4.69) is 20.8 Å². The van der Waals surface area contributed by atoms with E-state index in [0.717, 1.165) is 12.8 Å². The van der Waals surface area contributed by atoms with Crippen LogP contribution >= 0.6 is 0 Å². The highest BCUT2D eigenvalue weighted by atomic mass is 16.5. The van der Waals surface area contributed by atoms with Gasteiger partial charge in [0, 0.05) is 6.54 Å². The molecule has 0 aromatic carbocycles. The number of ether oxygens (including phenoxy) is 1. The van der Waals surface area contributed by atoms with Gasteiger partial charge in [0.15, 0.2) is 0 Å². The summed E-state index contributed by atoms with van der Waals surface area (Å²) in [4.78, 5) is 12.2. The lowest BCUT2D eigenvalue weighted by Gasteiger charge is -2.36. The fourth-order valence-electron chi connectivity index (χ4n) is 1.92. The van der Waals surface area contributed by atoms with E-state index in [-0.39, 0.29) is 17.3 Å². The molecule has 0 fully saturated rings. The third kappa shape index (κ3) is 4.66. The molecule has 0 rings (SSSR count). The Morgan fingerprint density at radius 3 is 2.06 bits per heavy atom. The van der Waals surface area contributed by atoms with Gasteiger partial charge in [0.05, 0.1) is 12.0 Å². The molecule has 0 aromatic heterocycles. The van der Waals surface area contributed by atoms with Crippen molar-refractivity contribution in [2.45, 2.75) is 54.4 Å². The number of hydrogen-bond acceptors (Lipinski definition) is 3. The summed E-state index contributed by atoms with van der Waals surface area (Å²) >= 11 is 0. The molecule has 102 valence electrons. The van der Waals surface area contributed by atoms with Crippen molar-refractivity contribution in [1.82, 2.24) is 0 Å². The zero-order chi connectivity index (χ0) is 13.7. The van der Waals surface area contributed by atoms with Crippen molar-refractivity contribution >= 4 is 5.97 Å². The molecule has 0 aliphatic rings. The van der Waals surface area contributed by atoms with Gasteiger partial charge in [-0.3, -0.25) is 4.79 Å². The molecule has 0 spiro atoms. The van der Waals surface area contributed by atoms with Crippen molar-refractivity contribution in [3.8, 4) is 0 Å². The summed E-state index contributed by atoms with van der Waals surface area (Å²) in [6, 6.07) is 0. The minimum atomic E-state index is -0.525. The van der Waals surface area contributed by atoms with Crippen LogP contribution in [0.5, 0.6) is 0 Å². The second-order valence-corrected chi connectivity index (χ2v) is 6.30. The average molecular weight is 243 g/mol. The van der Waals surface area contributed by atoms with Gasteiger partial charge in [0.1, 0.15) is 0 Å². The highest BCUT2D eigenvalue weighted by Gasteiger charge is 2.42. The minimum absolute atomic E-state index is 0.137. The molecule has 0 aliphatic heterocycles. The average Bonchev–Trinajstić information content (AvgIpc) is 2.17. The van der Waals surface area contributed by atoms with E-state index in [4.69, 9.17) is 10.5 Å². The number of carbonyl (C=O) groups excluding carboxylic acids is 1. The SMILES string of the molecule is CCOC(=O)C(CN)(CCC(C)(C)C)C(C)C. The van der Waals surface area contributed by atoms with Crippen molar-refractivity contribution in [3.63, 3.8) is 0 Å². The molecule has 0 heterocycles. The second kappa shape index (κ2) is 6.39. The summed E-state index contributed by atoms with van der Waals surface area (Å²) in [7, 11) is 0. The van der Waals surface area contributed by atoms with Crippen LogP contribution in [0.3, 0.4) is 0 Å². The zero-order valence-electron chi connectivity index (χ0n) is 12.3. The summed E-state index contributed by atoms with van der Waals surface area (Å²) in [5.74, 6) is 0.0654. The molecule has 1 unspecified atom stereocenters. The highest BCUT2D eigenvalue weighted by molar-refractivity contribution is 5.77. The van der Waals surface area contributed by atoms with Gasteiger partial charge >= 0.3 is 5.97 Å². The predicted molar refractivity (Wildman–Crippen MR) is 71.6 cm³/mol. The number of esters is 1. The molecule has 3 heteroatoms. The third-order valence-electron chi connectivity index (χ3n) is 3.47. The fraction of sp³-hybridized carbons (Fsp3) is 0.929. The molecular formula is C14H29NO2. The van der Waals surface area contributed by atoms with Crippen LogP contribution in [0.2, 0.25) is 0 Å². The highest BCUT2D eigenvalue weighted by Crippen LogP contribution is 2.37. The Morgan fingerprint density at radius 2 is 1.76 bits per heavy atom. The summed E-state index contributed by atoms with van der Waals surface area (Å²) in [6.45, 7) is 13.3. The maximum atomic E-state index is 12.2. The van der Waals surface area contributed by atoms with Crippen molar-refractivity contribution < 1.29 is 9.53 Å². The third-order valence-corrected chi connectivity index (χ3v) is 3.47. The number of hydrogen-bond donors (Lipinski definition) is 1. The van der Waals surface area contributed by atoms with Crippen molar-refractivity contribution in [2.24, 2.45) is 22.5 Å². The molecule has 0 saturated heterocycles. The van der Waals surface area contributed by atoms with E-state index >= 15 is 0 Å². The molecule has 3 nitrogen and oxygen atoms in total. The maximum Gasteiger partial charge on any atom is 0.313 e. The normalized spacial score (nSPS) is 15.8. The van der Waals surface area contributed by atoms with Gasteiger partial charge < -0.3 is 10.5 Å². The Morgan fingerprint density at radius 1 is 1.24 bits per heavy atom. The first kappa shape index (κ1) is 16.4. The van der Waals surface area contributed by atoms with Crippen LogP contribution in [0.15, 0.2) is 0 Å². The number of rotatable bonds is 6. The van der Waals surface area contributed by atoms with Crippen LogP contribution in [-0.2, 0) is 9.53 Å². The molecule has 0 bridgehead atoms. The molecule has 2 N–H and O–H groups in total. The zero-order valence-corrected chi connectivity index (χ0v) is 12.3. The van der Waals surface area contributed by atoms with Crippen LogP contribution in [0.1, 0.15) is 54.4 Å². The number of nitrogens with two attached hydrogens (primary N) is 1. The topological polar surface area (TPSA) is 52.3 Å². The molecule has 0 radical (unpaired) electrons. The van der Waals surface area contributed by atoms with Gasteiger partial charge in [-0.05, 0) is 31.1 Å². The lowest BCUT2D eigenvalue weighted by Crippen LogP contribution is -2.45. The monoisotopic (exact) mass is 243 g/mol. The van der Waals surface area contributed by atoms with E-state index in [9.17, 15) is 4.79 Å². The molecule has 0 amide bonds. The Kier molecular flexibility index (Phi) is 6.17. The van der Waals surface area contributed by atoms with E-state index in [1.165, 1.54) is 0 Å². The molecular weight excluding hydrogens is 214 g/mol. The van der Waals surface area contributed by atoms with E-state index in [0.29, 0.717) is 13.2 Å². The van der Waals surface area contributed by atoms with Gasteiger partial charge in [-0.1, -0.05) is 34.6 Å². The van der Waals surface area contributed by atoms with Gasteiger partial charge in [-0.25, -0.2) is 0 Å². The van der Waals surface area contributed by atoms with Crippen LogP contribution in [-0.4, -0.2) is 19.1 Å². The Labute approximate surface area is 106 Å². The Balaban J connectivity index is 4.89. The Bertz CT molecular complexity index is 243. The van der Waals surface area contributed by atoms with E-state index in [1.54, 1.807) is 0 Å². The van der Waals surface area contributed by atoms with Crippen LogP contribution in [0.4, 0.5) is 0 Å². The lowest BCUT2D eigenvalue weighted by atomic mass is 9.70. The van der Waals surface area contributed by atoms with Gasteiger partial charge in [-0.15, -0.1) is 0 Å². The number of carbonyl (C=O) groups is 1. The van der Waals surface area contributed by atoms with Crippen LogP contribution in [0, 0.1) is 16.7 Å². The maximum absolute atomic E-state index is 12.2. The Hall–Kier alpha value is -0.570. The summed E-state index contributed by atoms with van der Waals surface area (Å²) < 4.78 is 5.21. The predicted octanol–water partition coefficient (Wildman–Crippen LogP) is 2.98. The van der Waals surface area contributed by atoms with Crippen molar-refractivity contribution in [1.29, 1.82) is 0 Å². The quantitative estimate of drug-likeness (QED) is 0.730. The lowest BCUT2D eigenvalue weighted by molar-refractivity contribution is -0.158. The molecule has 17 heavy (non-hydrogen) atoms. The standard InChI is InChI=1S/C14H29NO2/c1-7-17-12(16)14(10-15,11(2)3)9-8-13(4,5)6/h11H,7-10,15H2,1-6H3. The largest absolute Gasteiger partial charge is 0.466 e. The van der Waals surface area contributed by atoms with Crippen LogP contribution in [0.25, 0.3) is 0 Å². The van der Waals surface area contributed by atoms with Crippen LogP contribution < -0.4 is 5.73 Å². The first-order valence-corrected chi connectivity index (χ1v) is 6.57. The summed E-state index contributed by atoms with van der Waals surface area (Å²) in [5.41, 5.74) is 5.55. The fourth-order valence-corrected chi connectivity index (χ4v) is 1.92. The van der Waals surface area contributed by atoms with E-state index in [1.807, 2.05) is 20.8 Å². The smallest absolute Gasteiger partial charge is 0.313 e. The summed E-state index contributed by atoms with van der Waals surface area (Å²) in [5, 5.41) is 0. The first-order valence-electron chi connectivity index (χ1n) is 6.57. The van der Waals surface area contributed by atoms with E-state index < -0.39 is 5.41 Å². The van der Waals surface area contributed by atoms with Gasteiger partial charge in [0.25, 0.3) is 0 Å². The molecule has 1 atom stereocenters.